The molecule has 0 aliphatic carbocycles. The summed E-state index contributed by atoms with van der Waals surface area (Å²) in [4.78, 5) is 4.56. The summed E-state index contributed by atoms with van der Waals surface area (Å²) in [6.45, 7) is 9.63. The molecule has 130 valence electrons. The predicted molar refractivity (Wildman–Crippen MR) is 97.9 cm³/mol. The maximum Gasteiger partial charge on any atom is 0.191 e. The van der Waals surface area contributed by atoms with Crippen molar-refractivity contribution in [3.05, 3.63) is 35.4 Å². The van der Waals surface area contributed by atoms with Crippen molar-refractivity contribution in [1.82, 2.24) is 10.6 Å². The van der Waals surface area contributed by atoms with Crippen LogP contribution in [0.15, 0.2) is 29.3 Å². The molecule has 23 heavy (non-hydrogen) atoms. The monoisotopic (exact) mass is 339 g/mol. The minimum absolute atomic E-state index is 0.126. The van der Waals surface area contributed by atoms with Crippen molar-refractivity contribution in [3.8, 4) is 0 Å². The first-order valence-corrected chi connectivity index (χ1v) is 9.99. The third-order valence-corrected chi connectivity index (χ3v) is 5.36. The minimum Gasteiger partial charge on any atom is -0.357 e. The molecule has 1 aromatic carbocycles. The third-order valence-electron chi connectivity index (χ3n) is 3.66. The second-order valence-corrected chi connectivity index (χ2v) is 8.17. The van der Waals surface area contributed by atoms with Crippen molar-refractivity contribution in [2.45, 2.75) is 33.6 Å². The predicted octanol–water partition coefficient (Wildman–Crippen LogP) is 2.09. The van der Waals surface area contributed by atoms with Crippen LogP contribution in [0.2, 0.25) is 0 Å². The number of rotatable bonds is 8. The highest BCUT2D eigenvalue weighted by Crippen LogP contribution is 2.15. The molecule has 0 aliphatic rings. The second-order valence-electron chi connectivity index (χ2n) is 5.69. The molecule has 1 atom stereocenters. The van der Waals surface area contributed by atoms with Crippen molar-refractivity contribution in [3.63, 3.8) is 0 Å². The summed E-state index contributed by atoms with van der Waals surface area (Å²) in [5.74, 6) is 1.28. The molecule has 0 heterocycles. The number of sulfone groups is 1. The standard InChI is InChI=1S/C17H29N3O2S/c1-5-18-17(19-11-12-23(21,22)6-2)20-13-15(4)16-9-7-14(3)8-10-16/h7-10,15H,5-6,11-13H2,1-4H3,(H2,18,19,20). The van der Waals surface area contributed by atoms with Crippen LogP contribution in [0, 0.1) is 6.92 Å². The van der Waals surface area contributed by atoms with Crippen LogP contribution in [-0.4, -0.2) is 45.5 Å². The summed E-state index contributed by atoms with van der Waals surface area (Å²) in [5, 5.41) is 6.23. The normalized spacial score (nSPS) is 13.7. The molecule has 1 rings (SSSR count). The van der Waals surface area contributed by atoms with Crippen molar-refractivity contribution in [2.75, 3.05) is 31.1 Å². The number of nitrogens with zero attached hydrogens (tertiary/aromatic N) is 1. The lowest BCUT2D eigenvalue weighted by atomic mass is 10.0. The van der Waals surface area contributed by atoms with E-state index in [0.717, 1.165) is 6.54 Å². The van der Waals surface area contributed by atoms with Crippen LogP contribution in [0.25, 0.3) is 0 Å². The maximum absolute atomic E-state index is 11.5. The molecule has 0 saturated carbocycles. The van der Waals surface area contributed by atoms with Gasteiger partial charge in [0.2, 0.25) is 0 Å². The quantitative estimate of drug-likeness (QED) is 0.562. The van der Waals surface area contributed by atoms with Gasteiger partial charge in [-0.1, -0.05) is 43.7 Å². The molecule has 0 radical (unpaired) electrons. The average molecular weight is 340 g/mol. The van der Waals surface area contributed by atoms with E-state index in [-0.39, 0.29) is 11.5 Å². The Labute approximate surface area is 140 Å². The summed E-state index contributed by atoms with van der Waals surface area (Å²) in [6, 6.07) is 8.47. The lowest BCUT2D eigenvalue weighted by molar-refractivity contribution is 0.595. The number of benzene rings is 1. The van der Waals surface area contributed by atoms with E-state index in [0.29, 0.717) is 25.0 Å². The van der Waals surface area contributed by atoms with Crippen LogP contribution in [0.4, 0.5) is 0 Å². The first kappa shape index (κ1) is 19.5. The largest absolute Gasteiger partial charge is 0.357 e. The number of aliphatic imine (C=N–C) groups is 1. The van der Waals surface area contributed by atoms with Crippen LogP contribution >= 0.6 is 0 Å². The molecule has 1 unspecified atom stereocenters. The number of guanidine groups is 1. The molecular weight excluding hydrogens is 310 g/mol. The van der Waals surface area contributed by atoms with Crippen molar-refractivity contribution in [1.29, 1.82) is 0 Å². The number of hydrogen-bond acceptors (Lipinski definition) is 3. The molecule has 0 amide bonds. The van der Waals surface area contributed by atoms with Crippen LogP contribution < -0.4 is 10.6 Å². The molecule has 5 nitrogen and oxygen atoms in total. The highest BCUT2D eigenvalue weighted by molar-refractivity contribution is 7.91. The Hall–Kier alpha value is -1.56. The number of hydrogen-bond donors (Lipinski definition) is 2. The molecule has 1 aromatic rings. The lowest BCUT2D eigenvalue weighted by Crippen LogP contribution is -2.40. The summed E-state index contributed by atoms with van der Waals surface area (Å²) in [7, 11) is -2.95. The van der Waals surface area contributed by atoms with Gasteiger partial charge in [-0.05, 0) is 19.4 Å². The molecule has 0 saturated heterocycles. The molecule has 6 heteroatoms. The van der Waals surface area contributed by atoms with Crippen LogP contribution in [0.1, 0.15) is 37.8 Å². The van der Waals surface area contributed by atoms with E-state index in [4.69, 9.17) is 0 Å². The Kier molecular flexibility index (Phi) is 8.09. The zero-order valence-electron chi connectivity index (χ0n) is 14.6. The van der Waals surface area contributed by atoms with Gasteiger partial charge in [-0.2, -0.15) is 0 Å². The molecule has 0 fully saturated rings. The van der Waals surface area contributed by atoms with Crippen molar-refractivity contribution < 1.29 is 8.42 Å². The highest BCUT2D eigenvalue weighted by Gasteiger charge is 2.08. The van der Waals surface area contributed by atoms with Gasteiger partial charge in [-0.15, -0.1) is 0 Å². The zero-order valence-corrected chi connectivity index (χ0v) is 15.4. The summed E-state index contributed by atoms with van der Waals surface area (Å²) < 4.78 is 23.0. The van der Waals surface area contributed by atoms with E-state index in [1.165, 1.54) is 11.1 Å². The van der Waals surface area contributed by atoms with Gasteiger partial charge in [0, 0.05) is 31.3 Å². The van der Waals surface area contributed by atoms with E-state index < -0.39 is 9.84 Å². The van der Waals surface area contributed by atoms with Gasteiger partial charge >= 0.3 is 0 Å². The molecule has 0 aromatic heterocycles. The zero-order chi connectivity index (χ0) is 17.3. The summed E-state index contributed by atoms with van der Waals surface area (Å²) in [6.07, 6.45) is 0. The van der Waals surface area contributed by atoms with Gasteiger partial charge in [0.1, 0.15) is 0 Å². The molecular formula is C17H29N3O2S. The van der Waals surface area contributed by atoms with Gasteiger partial charge in [0.25, 0.3) is 0 Å². The average Bonchev–Trinajstić information content (AvgIpc) is 2.53. The minimum atomic E-state index is -2.95. The Balaban J connectivity index is 2.58. The molecule has 0 aliphatic heterocycles. The fourth-order valence-electron chi connectivity index (χ4n) is 2.04. The summed E-state index contributed by atoms with van der Waals surface area (Å²) >= 11 is 0. The second kappa shape index (κ2) is 9.55. The maximum atomic E-state index is 11.5. The van der Waals surface area contributed by atoms with Crippen molar-refractivity contribution >= 4 is 15.8 Å². The number of nitrogens with one attached hydrogen (secondary N) is 2. The van der Waals surface area contributed by atoms with Crippen LogP contribution in [0.3, 0.4) is 0 Å². The Morgan fingerprint density at radius 2 is 1.83 bits per heavy atom. The molecule has 2 N–H and O–H groups in total. The topological polar surface area (TPSA) is 70.6 Å². The first-order chi connectivity index (χ1) is 10.9. The van der Waals surface area contributed by atoms with E-state index >= 15 is 0 Å². The number of aryl methyl sites for hydroxylation is 1. The third kappa shape index (κ3) is 7.50. The van der Waals surface area contributed by atoms with Gasteiger partial charge in [-0.25, -0.2) is 8.42 Å². The first-order valence-electron chi connectivity index (χ1n) is 8.17. The SMILES string of the molecule is CCNC(=NCC(C)c1ccc(C)cc1)NCCS(=O)(=O)CC. The highest BCUT2D eigenvalue weighted by atomic mass is 32.2. The smallest absolute Gasteiger partial charge is 0.191 e. The van der Waals surface area contributed by atoms with Crippen molar-refractivity contribution in [2.24, 2.45) is 4.99 Å². The Morgan fingerprint density at radius 3 is 2.39 bits per heavy atom. The van der Waals surface area contributed by atoms with Gasteiger partial charge in [0.05, 0.1) is 5.75 Å². The molecule has 0 spiro atoms. The Morgan fingerprint density at radius 1 is 1.17 bits per heavy atom. The van der Waals surface area contributed by atoms with Crippen LogP contribution in [0.5, 0.6) is 0 Å². The van der Waals surface area contributed by atoms with E-state index in [1.54, 1.807) is 6.92 Å². The van der Waals surface area contributed by atoms with Crippen LogP contribution in [-0.2, 0) is 9.84 Å². The molecule has 0 bridgehead atoms. The Bertz CT molecular complexity index is 595. The van der Waals surface area contributed by atoms with Gasteiger partial charge in [0.15, 0.2) is 15.8 Å². The van der Waals surface area contributed by atoms with E-state index in [9.17, 15) is 8.42 Å². The van der Waals surface area contributed by atoms with E-state index in [1.807, 2.05) is 6.92 Å². The van der Waals surface area contributed by atoms with E-state index in [2.05, 4.69) is 53.7 Å². The fourth-order valence-corrected chi connectivity index (χ4v) is 2.74. The van der Waals surface area contributed by atoms with Gasteiger partial charge in [-0.3, -0.25) is 4.99 Å². The lowest BCUT2D eigenvalue weighted by Gasteiger charge is -2.14. The fraction of sp³-hybridized carbons (Fsp3) is 0.588. The summed E-state index contributed by atoms with van der Waals surface area (Å²) in [5.41, 5.74) is 2.50. The van der Waals surface area contributed by atoms with Gasteiger partial charge < -0.3 is 10.6 Å².